The first-order valence-electron chi connectivity index (χ1n) is 8.72. The number of carboxylic acids is 1. The van der Waals surface area contributed by atoms with Gasteiger partial charge in [-0.05, 0) is 24.0 Å². The number of aromatic nitrogens is 3. The average molecular weight is 590 g/mol. The molecule has 1 aromatic heterocycles. The number of aromatic amines is 1. The van der Waals surface area contributed by atoms with Gasteiger partial charge in [0.05, 0.1) is 0 Å². The molecule has 28 heavy (non-hydrogen) atoms. The molecular weight excluding hydrogens is 564 g/mol. The molecule has 0 saturated heterocycles. The van der Waals surface area contributed by atoms with E-state index in [-0.39, 0.29) is 29.0 Å². The number of aliphatic carboxylic acids is 1. The Bertz CT molecular complexity index is 664. The number of nitrogens with one attached hydrogen (secondary N) is 2. The molecule has 8 nitrogen and oxygen atoms in total. The van der Waals surface area contributed by atoms with Crippen molar-refractivity contribution in [2.24, 2.45) is 0 Å². The van der Waals surface area contributed by atoms with E-state index in [0.717, 1.165) is 0 Å². The van der Waals surface area contributed by atoms with Gasteiger partial charge < -0.3 is 26.5 Å². The number of carboxylic acid groups (broad SMARTS) is 1. The first-order valence-corrected chi connectivity index (χ1v) is 10.6. The quantitative estimate of drug-likeness (QED) is 0.247. The van der Waals surface area contributed by atoms with Crippen LogP contribution < -0.4 is 5.32 Å². The molecule has 0 aliphatic heterocycles. The Hall–Kier alpha value is -1.73. The molecule has 3 N–H and O–H groups in total. The van der Waals surface area contributed by atoms with E-state index in [2.05, 4.69) is 47.7 Å². The predicted octanol–water partition coefficient (Wildman–Crippen LogP) is 3.18. The Kier molecular flexibility index (Phi) is 14.3. The zero-order chi connectivity index (χ0) is 20.1. The van der Waals surface area contributed by atoms with Crippen LogP contribution in [0.2, 0.25) is 0 Å². The summed E-state index contributed by atoms with van der Waals surface area (Å²) in [5, 5.41) is 20.7. The van der Waals surface area contributed by atoms with Crippen molar-refractivity contribution in [1.82, 2.24) is 20.7 Å². The maximum absolute atomic E-state index is 11.6. The van der Waals surface area contributed by atoms with Gasteiger partial charge in [0.25, 0.3) is 0 Å². The van der Waals surface area contributed by atoms with E-state index >= 15 is 0 Å². The number of rotatable bonds is 8. The van der Waals surface area contributed by atoms with Crippen LogP contribution in [0.3, 0.4) is 0 Å². The van der Waals surface area contributed by atoms with Gasteiger partial charge in [0.1, 0.15) is 6.61 Å². The number of hydrogen-bond donors (Lipinski definition) is 3. The number of ether oxygens (including phenoxy) is 1. The number of carbonyl (C=O) groups is 2. The van der Waals surface area contributed by atoms with E-state index in [0.29, 0.717) is 19.2 Å². The zero-order valence-corrected chi connectivity index (χ0v) is 19.2. The second kappa shape index (κ2) is 15.2. The third-order valence-corrected chi connectivity index (χ3v) is 6.43. The van der Waals surface area contributed by atoms with Crippen molar-refractivity contribution in [3.8, 4) is 0 Å². The van der Waals surface area contributed by atoms with E-state index in [1.54, 1.807) is 30.3 Å². The fraction of sp³-hybridized carbons (Fsp3) is 0.444. The van der Waals surface area contributed by atoms with Crippen LogP contribution in [0.25, 0.3) is 0 Å². The Morgan fingerprint density at radius 2 is 1.82 bits per heavy atom. The van der Waals surface area contributed by atoms with Gasteiger partial charge in [0, 0.05) is 0 Å². The standard InChI is InChI=1S/C12H11N4O4.C6H15P.Au/c17-11(18)10(8-4-2-1-3-5-8)14-12(19)20-7-9-6-13-16-15-9;1-4-7(5-2)6-3;/h1-5,10H,7H2,(H,14,19)(H,17,18)(H,13,15,16);4-6H2,1-3H3;/q-1;;+1/t10-;;/m0../s1. The second-order valence-corrected chi connectivity index (χ2v) is 8.66. The smallest absolute Gasteiger partial charge is 0.479 e. The van der Waals surface area contributed by atoms with Gasteiger partial charge in [-0.3, -0.25) is 5.10 Å². The fourth-order valence-electron chi connectivity index (χ4n) is 2.16. The fourth-order valence-corrected chi connectivity index (χ4v) is 3.50. The van der Waals surface area contributed by atoms with Gasteiger partial charge >= 0.3 is 34.4 Å². The Labute approximate surface area is 182 Å². The molecule has 0 saturated carbocycles. The van der Waals surface area contributed by atoms with E-state index in [1.807, 2.05) is 0 Å². The molecule has 2 aromatic rings. The molecule has 0 aliphatic rings. The van der Waals surface area contributed by atoms with Gasteiger partial charge in [-0.15, -0.1) is 13.1 Å². The summed E-state index contributed by atoms with van der Waals surface area (Å²) in [5.41, 5.74) is 0.832. The molecule has 1 heterocycles. The topological polar surface area (TPSA) is 117 Å². The normalized spacial score (nSPS) is 10.9. The number of carbonyl (C=O) groups excluding carboxylic acids is 1. The number of H-pyrrole nitrogens is 1. The molecule has 2 rings (SSSR count). The summed E-state index contributed by atoms with van der Waals surface area (Å²) in [5.74, 6) is -1.18. The molecule has 0 spiro atoms. The number of hydrogen-bond acceptors (Lipinski definition) is 5. The van der Waals surface area contributed by atoms with Crippen molar-refractivity contribution < 1.29 is 41.8 Å². The summed E-state index contributed by atoms with van der Waals surface area (Å²) < 4.78 is 4.83. The number of alkyl carbamates (subject to hydrolysis) is 1. The first-order chi connectivity index (χ1) is 13.0. The summed E-state index contributed by atoms with van der Waals surface area (Å²) in [6.07, 6.45) is 5.86. The van der Waals surface area contributed by atoms with Crippen LogP contribution in [0, 0.1) is 6.20 Å². The Balaban J connectivity index is 0.000000786. The maximum Gasteiger partial charge on any atom is 1.00 e. The van der Waals surface area contributed by atoms with Gasteiger partial charge in [0.15, 0.2) is 6.04 Å². The Morgan fingerprint density at radius 3 is 2.25 bits per heavy atom. The van der Waals surface area contributed by atoms with Crippen molar-refractivity contribution >= 4 is 20.0 Å². The van der Waals surface area contributed by atoms with Crippen molar-refractivity contribution in [2.75, 3.05) is 18.5 Å². The minimum absolute atomic E-state index is 0. The van der Waals surface area contributed by atoms with Crippen LogP contribution in [0.15, 0.2) is 30.3 Å². The minimum atomic E-state index is -1.18. The van der Waals surface area contributed by atoms with E-state index in [1.165, 1.54) is 18.5 Å². The molecule has 0 aliphatic carbocycles. The van der Waals surface area contributed by atoms with Crippen LogP contribution in [-0.2, 0) is 38.5 Å². The van der Waals surface area contributed by atoms with E-state index < -0.39 is 18.1 Å². The van der Waals surface area contributed by atoms with Crippen LogP contribution in [0.1, 0.15) is 38.1 Å². The molecule has 1 atom stereocenters. The minimum Gasteiger partial charge on any atom is -0.479 e. The molecule has 0 radical (unpaired) electrons. The SMILES string of the molecule is CCP(CC)CC.O=C(N[C@H](C(=O)O)c1ccccc1)OCc1[c-]nn[nH]1.[Au+]. The number of nitrogens with zero attached hydrogens (tertiary/aromatic N) is 2. The van der Waals surface area contributed by atoms with Gasteiger partial charge in [-0.2, -0.15) is 0 Å². The van der Waals surface area contributed by atoms with Crippen LogP contribution >= 0.6 is 7.92 Å². The summed E-state index contributed by atoms with van der Waals surface area (Å²) in [4.78, 5) is 22.7. The van der Waals surface area contributed by atoms with Gasteiger partial charge in [-0.25, -0.2) is 9.59 Å². The van der Waals surface area contributed by atoms with E-state index in [9.17, 15) is 9.59 Å². The monoisotopic (exact) mass is 590 g/mol. The van der Waals surface area contributed by atoms with Crippen molar-refractivity contribution in [2.45, 2.75) is 33.4 Å². The zero-order valence-electron chi connectivity index (χ0n) is 16.1. The molecule has 0 bridgehead atoms. The molecule has 1 aromatic carbocycles. The van der Waals surface area contributed by atoms with Crippen LogP contribution in [0.5, 0.6) is 0 Å². The maximum atomic E-state index is 11.6. The molecule has 158 valence electrons. The molecule has 1 amide bonds. The largest absolute Gasteiger partial charge is 1.00 e. The molecule has 10 heteroatoms. The first kappa shape index (κ1) is 26.3. The number of benzene rings is 1. The summed E-state index contributed by atoms with van der Waals surface area (Å²) in [6, 6.07) is 7.15. The Morgan fingerprint density at radius 1 is 1.21 bits per heavy atom. The van der Waals surface area contributed by atoms with Gasteiger partial charge in [-0.1, -0.05) is 56.8 Å². The molecular formula is C18H26AuN4O4P. The second-order valence-electron chi connectivity index (χ2n) is 5.42. The molecule has 0 fully saturated rings. The van der Waals surface area contributed by atoms with Crippen molar-refractivity contribution in [3.63, 3.8) is 0 Å². The van der Waals surface area contributed by atoms with Crippen LogP contribution in [0.4, 0.5) is 4.79 Å². The van der Waals surface area contributed by atoms with Crippen molar-refractivity contribution in [3.05, 3.63) is 47.8 Å². The average Bonchev–Trinajstić information content (AvgIpc) is 3.20. The molecule has 0 unspecified atom stereocenters. The predicted molar refractivity (Wildman–Crippen MR) is 104 cm³/mol. The van der Waals surface area contributed by atoms with Crippen molar-refractivity contribution in [1.29, 1.82) is 0 Å². The number of amides is 1. The third kappa shape index (κ3) is 9.99. The van der Waals surface area contributed by atoms with Crippen LogP contribution in [-0.4, -0.2) is 51.1 Å². The summed E-state index contributed by atoms with van der Waals surface area (Å²) in [7, 11) is 0.446. The van der Waals surface area contributed by atoms with E-state index in [4.69, 9.17) is 9.84 Å². The third-order valence-electron chi connectivity index (χ3n) is 3.75. The summed E-state index contributed by atoms with van der Waals surface area (Å²) >= 11 is 0. The van der Waals surface area contributed by atoms with Gasteiger partial charge in [0.2, 0.25) is 0 Å². The summed E-state index contributed by atoms with van der Waals surface area (Å²) in [6.45, 7) is 6.75.